The second-order valence-corrected chi connectivity index (χ2v) is 3.69. The third-order valence-corrected chi connectivity index (χ3v) is 2.28. The number of nitrogen functional groups attached to an aromatic ring is 1. The number of pyridine rings is 1. The van der Waals surface area contributed by atoms with E-state index in [9.17, 15) is 0 Å². The second-order valence-electron chi connectivity index (χ2n) is 3.69. The predicted octanol–water partition coefficient (Wildman–Crippen LogP) is 1.12. The zero-order valence-corrected chi connectivity index (χ0v) is 9.87. The number of methoxy groups -OCH3 is 1. The molecule has 0 saturated carbocycles. The van der Waals surface area contributed by atoms with Gasteiger partial charge in [0.05, 0.1) is 11.7 Å². The van der Waals surface area contributed by atoms with Crippen LogP contribution < -0.4 is 11.1 Å². The first-order chi connectivity index (χ1) is 7.54. The van der Waals surface area contributed by atoms with E-state index in [4.69, 9.17) is 15.9 Å². The van der Waals surface area contributed by atoms with Gasteiger partial charge in [-0.15, -0.1) is 0 Å². The quantitative estimate of drug-likeness (QED) is 0.515. The molecule has 0 bridgehead atoms. The molecule has 1 heterocycles. The molecule has 5 heteroatoms. The number of amidine groups is 1. The summed E-state index contributed by atoms with van der Waals surface area (Å²) >= 11 is 0. The molecule has 16 heavy (non-hydrogen) atoms. The summed E-state index contributed by atoms with van der Waals surface area (Å²) in [6, 6.07) is 3.63. The maximum Gasteiger partial charge on any atom is 0.137 e. The van der Waals surface area contributed by atoms with Crippen molar-refractivity contribution in [1.29, 1.82) is 5.41 Å². The van der Waals surface area contributed by atoms with Crippen molar-refractivity contribution in [3.63, 3.8) is 0 Å². The molecule has 4 N–H and O–H groups in total. The Labute approximate surface area is 95.5 Å². The number of nitrogens with two attached hydrogens (primary N) is 1. The monoisotopic (exact) mass is 222 g/mol. The molecule has 0 fully saturated rings. The van der Waals surface area contributed by atoms with E-state index in [1.807, 2.05) is 19.9 Å². The van der Waals surface area contributed by atoms with Crippen LogP contribution >= 0.6 is 0 Å². The number of aryl methyl sites for hydroxylation is 1. The highest BCUT2D eigenvalue weighted by Gasteiger charge is 2.08. The lowest BCUT2D eigenvalue weighted by molar-refractivity contribution is 0.128. The second kappa shape index (κ2) is 5.46. The van der Waals surface area contributed by atoms with Crippen molar-refractivity contribution in [1.82, 2.24) is 4.98 Å². The van der Waals surface area contributed by atoms with Gasteiger partial charge in [-0.05, 0) is 26.0 Å². The van der Waals surface area contributed by atoms with E-state index in [-0.39, 0.29) is 11.9 Å². The first-order valence-electron chi connectivity index (χ1n) is 5.13. The zero-order chi connectivity index (χ0) is 12.1. The molecule has 88 valence electrons. The number of rotatable bonds is 5. The van der Waals surface area contributed by atoms with Gasteiger partial charge in [-0.2, -0.15) is 0 Å². The fourth-order valence-electron chi connectivity index (χ4n) is 1.23. The van der Waals surface area contributed by atoms with Crippen molar-refractivity contribution >= 4 is 11.7 Å². The highest BCUT2D eigenvalue weighted by molar-refractivity contribution is 5.99. The molecule has 1 atom stereocenters. The Hall–Kier alpha value is -1.62. The Morgan fingerprint density at radius 3 is 2.88 bits per heavy atom. The van der Waals surface area contributed by atoms with E-state index in [1.165, 1.54) is 0 Å². The molecular weight excluding hydrogens is 204 g/mol. The van der Waals surface area contributed by atoms with Crippen LogP contribution in [0.25, 0.3) is 0 Å². The zero-order valence-electron chi connectivity index (χ0n) is 9.87. The molecule has 1 unspecified atom stereocenters. The van der Waals surface area contributed by atoms with Gasteiger partial charge in [0.1, 0.15) is 11.7 Å². The molecule has 0 radical (unpaired) electrons. The van der Waals surface area contributed by atoms with Crippen LogP contribution in [0.1, 0.15) is 18.2 Å². The fourth-order valence-corrected chi connectivity index (χ4v) is 1.23. The molecule has 0 saturated heterocycles. The Morgan fingerprint density at radius 2 is 2.31 bits per heavy atom. The van der Waals surface area contributed by atoms with Gasteiger partial charge < -0.3 is 15.8 Å². The molecule has 0 aromatic carbocycles. The minimum atomic E-state index is 0.0140. The van der Waals surface area contributed by atoms with Crippen molar-refractivity contribution in [2.24, 2.45) is 5.73 Å². The number of hydrogen-bond donors (Lipinski definition) is 3. The van der Waals surface area contributed by atoms with Crippen LogP contribution in [-0.4, -0.2) is 30.6 Å². The van der Waals surface area contributed by atoms with Crippen molar-refractivity contribution in [3.8, 4) is 0 Å². The van der Waals surface area contributed by atoms with Gasteiger partial charge in [0, 0.05) is 19.3 Å². The molecule has 1 aromatic rings. The lowest BCUT2D eigenvalue weighted by Crippen LogP contribution is -2.22. The van der Waals surface area contributed by atoms with Crippen molar-refractivity contribution in [2.45, 2.75) is 20.0 Å². The first-order valence-corrected chi connectivity index (χ1v) is 5.13. The molecule has 0 amide bonds. The van der Waals surface area contributed by atoms with Crippen LogP contribution in [0.2, 0.25) is 0 Å². The van der Waals surface area contributed by atoms with Crippen LogP contribution in [0.4, 0.5) is 5.82 Å². The minimum Gasteiger partial charge on any atom is -0.384 e. The lowest BCUT2D eigenvalue weighted by Gasteiger charge is -2.14. The van der Waals surface area contributed by atoms with Crippen LogP contribution in [0.3, 0.4) is 0 Å². The van der Waals surface area contributed by atoms with Crippen molar-refractivity contribution in [2.75, 3.05) is 19.0 Å². The predicted molar refractivity (Wildman–Crippen MR) is 65.0 cm³/mol. The van der Waals surface area contributed by atoms with Crippen LogP contribution in [0.15, 0.2) is 12.1 Å². The van der Waals surface area contributed by atoms with Gasteiger partial charge in [-0.25, -0.2) is 4.98 Å². The molecule has 5 nitrogen and oxygen atoms in total. The summed E-state index contributed by atoms with van der Waals surface area (Å²) in [6.45, 7) is 4.48. The standard InChI is InChI=1S/C11H18N4O/c1-7-4-5-9(10(12)13)11(15-7)14-6-8(2)16-3/h4-5,8H,6H2,1-3H3,(H3,12,13)(H,14,15). The third-order valence-electron chi connectivity index (χ3n) is 2.28. The molecular formula is C11H18N4O. The average molecular weight is 222 g/mol. The summed E-state index contributed by atoms with van der Waals surface area (Å²) in [4.78, 5) is 4.31. The normalized spacial score (nSPS) is 12.2. The van der Waals surface area contributed by atoms with Gasteiger partial charge in [0.25, 0.3) is 0 Å². The van der Waals surface area contributed by atoms with Crippen molar-refractivity contribution < 1.29 is 4.74 Å². The topological polar surface area (TPSA) is 84.0 Å². The summed E-state index contributed by atoms with van der Waals surface area (Å²) in [7, 11) is 1.65. The maximum atomic E-state index is 7.44. The Bertz CT molecular complexity index is 378. The Morgan fingerprint density at radius 1 is 1.62 bits per heavy atom. The third kappa shape index (κ3) is 3.20. The Balaban J connectivity index is 2.84. The van der Waals surface area contributed by atoms with Gasteiger partial charge in [-0.3, -0.25) is 5.41 Å². The molecule has 0 spiro atoms. The van der Waals surface area contributed by atoms with Gasteiger partial charge >= 0.3 is 0 Å². The van der Waals surface area contributed by atoms with Gasteiger partial charge in [-0.1, -0.05) is 0 Å². The number of nitrogens with one attached hydrogen (secondary N) is 2. The highest BCUT2D eigenvalue weighted by atomic mass is 16.5. The van der Waals surface area contributed by atoms with E-state index in [0.717, 1.165) is 5.69 Å². The van der Waals surface area contributed by atoms with E-state index in [0.29, 0.717) is 17.9 Å². The van der Waals surface area contributed by atoms with Crippen LogP contribution in [-0.2, 0) is 4.74 Å². The van der Waals surface area contributed by atoms with E-state index in [1.54, 1.807) is 13.2 Å². The SMILES string of the molecule is COC(C)CNc1nc(C)ccc1C(=N)N. The number of anilines is 1. The van der Waals surface area contributed by atoms with Crippen molar-refractivity contribution in [3.05, 3.63) is 23.4 Å². The Kier molecular flexibility index (Phi) is 4.25. The van der Waals surface area contributed by atoms with Crippen LogP contribution in [0, 0.1) is 12.3 Å². The smallest absolute Gasteiger partial charge is 0.137 e. The average Bonchev–Trinajstić information content (AvgIpc) is 2.25. The summed E-state index contributed by atoms with van der Waals surface area (Å²) < 4.78 is 5.13. The summed E-state index contributed by atoms with van der Waals surface area (Å²) in [6.07, 6.45) is 0.0853. The molecule has 0 aliphatic rings. The molecule has 0 aliphatic carbocycles. The highest BCUT2D eigenvalue weighted by Crippen LogP contribution is 2.12. The molecule has 1 aromatic heterocycles. The summed E-state index contributed by atoms with van der Waals surface area (Å²) in [5.74, 6) is 0.650. The van der Waals surface area contributed by atoms with E-state index >= 15 is 0 Å². The van der Waals surface area contributed by atoms with Crippen LogP contribution in [0.5, 0.6) is 0 Å². The number of aromatic nitrogens is 1. The summed E-state index contributed by atoms with van der Waals surface area (Å²) in [5.41, 5.74) is 6.98. The van der Waals surface area contributed by atoms with Gasteiger partial charge in [0.2, 0.25) is 0 Å². The first kappa shape index (κ1) is 12.4. The summed E-state index contributed by atoms with van der Waals surface area (Å²) in [5, 5.41) is 10.6. The van der Waals surface area contributed by atoms with E-state index < -0.39 is 0 Å². The number of nitrogens with zero attached hydrogens (tertiary/aromatic N) is 1. The number of ether oxygens (including phenoxy) is 1. The van der Waals surface area contributed by atoms with Gasteiger partial charge in [0.15, 0.2) is 0 Å². The molecule has 0 aliphatic heterocycles. The largest absolute Gasteiger partial charge is 0.384 e. The minimum absolute atomic E-state index is 0.0140. The number of hydrogen-bond acceptors (Lipinski definition) is 4. The maximum absolute atomic E-state index is 7.44. The van der Waals surface area contributed by atoms with E-state index in [2.05, 4.69) is 10.3 Å². The fraction of sp³-hybridized carbons (Fsp3) is 0.455. The molecule has 1 rings (SSSR count). The lowest BCUT2D eigenvalue weighted by atomic mass is 10.2.